The lowest BCUT2D eigenvalue weighted by molar-refractivity contribution is -0.135. The Morgan fingerprint density at radius 3 is 2.38 bits per heavy atom. The SMILES string of the molecule is CC(=O)N(CC(=O)Nc1ccccc1Oc1ccccc1)C1CCCC1. The van der Waals surface area contributed by atoms with E-state index >= 15 is 0 Å². The Morgan fingerprint density at radius 2 is 1.69 bits per heavy atom. The first kappa shape index (κ1) is 18.0. The van der Waals surface area contributed by atoms with Crippen LogP contribution < -0.4 is 10.1 Å². The molecule has 1 fully saturated rings. The number of hydrogen-bond donors (Lipinski definition) is 1. The van der Waals surface area contributed by atoms with Crippen LogP contribution in [0.15, 0.2) is 54.6 Å². The monoisotopic (exact) mass is 352 g/mol. The van der Waals surface area contributed by atoms with Crippen molar-refractivity contribution in [1.29, 1.82) is 0 Å². The van der Waals surface area contributed by atoms with Crippen molar-refractivity contribution in [3.8, 4) is 11.5 Å². The fraction of sp³-hybridized carbons (Fsp3) is 0.333. The van der Waals surface area contributed by atoms with E-state index in [-0.39, 0.29) is 24.4 Å². The quantitative estimate of drug-likeness (QED) is 0.847. The molecule has 1 saturated carbocycles. The molecule has 0 bridgehead atoms. The Balaban J connectivity index is 1.68. The summed E-state index contributed by atoms with van der Waals surface area (Å²) < 4.78 is 5.87. The molecule has 0 heterocycles. The standard InChI is InChI=1S/C21H24N2O3/c1-16(24)23(17-9-5-6-10-17)15-21(25)22-19-13-7-8-14-20(19)26-18-11-3-2-4-12-18/h2-4,7-8,11-14,17H,5-6,9-10,15H2,1H3,(H,22,25). The van der Waals surface area contributed by atoms with Crippen LogP contribution in [0.25, 0.3) is 0 Å². The third kappa shape index (κ3) is 4.63. The van der Waals surface area contributed by atoms with Gasteiger partial charge in [0.05, 0.1) is 5.69 Å². The minimum Gasteiger partial charge on any atom is -0.455 e. The van der Waals surface area contributed by atoms with Gasteiger partial charge in [-0.15, -0.1) is 0 Å². The van der Waals surface area contributed by atoms with Crippen LogP contribution in [0, 0.1) is 0 Å². The summed E-state index contributed by atoms with van der Waals surface area (Å²) in [5.74, 6) is 1.00. The number of nitrogens with zero attached hydrogens (tertiary/aromatic N) is 1. The van der Waals surface area contributed by atoms with E-state index in [1.54, 1.807) is 11.0 Å². The molecule has 0 saturated heterocycles. The van der Waals surface area contributed by atoms with E-state index in [1.165, 1.54) is 6.92 Å². The van der Waals surface area contributed by atoms with Crippen molar-refractivity contribution in [2.24, 2.45) is 0 Å². The fourth-order valence-electron chi connectivity index (χ4n) is 3.33. The molecule has 0 atom stereocenters. The van der Waals surface area contributed by atoms with Crippen molar-refractivity contribution in [2.75, 3.05) is 11.9 Å². The van der Waals surface area contributed by atoms with Gasteiger partial charge < -0.3 is 15.0 Å². The molecule has 0 radical (unpaired) electrons. The predicted octanol–water partition coefficient (Wildman–Crippen LogP) is 4.21. The summed E-state index contributed by atoms with van der Waals surface area (Å²) in [5, 5.41) is 2.88. The van der Waals surface area contributed by atoms with Gasteiger partial charge in [0.25, 0.3) is 0 Å². The highest BCUT2D eigenvalue weighted by Gasteiger charge is 2.26. The smallest absolute Gasteiger partial charge is 0.244 e. The zero-order valence-electron chi connectivity index (χ0n) is 15.0. The van der Waals surface area contributed by atoms with Crippen molar-refractivity contribution in [2.45, 2.75) is 38.6 Å². The molecule has 2 amide bonds. The third-order valence-electron chi connectivity index (χ3n) is 4.62. The zero-order chi connectivity index (χ0) is 18.4. The van der Waals surface area contributed by atoms with E-state index < -0.39 is 0 Å². The van der Waals surface area contributed by atoms with Gasteiger partial charge in [-0.1, -0.05) is 43.2 Å². The first-order valence-corrected chi connectivity index (χ1v) is 9.02. The fourth-order valence-corrected chi connectivity index (χ4v) is 3.33. The van der Waals surface area contributed by atoms with Crippen LogP contribution in [0.2, 0.25) is 0 Å². The molecule has 0 aliphatic heterocycles. The van der Waals surface area contributed by atoms with E-state index in [0.29, 0.717) is 17.2 Å². The second-order valence-corrected chi connectivity index (χ2v) is 6.54. The number of ether oxygens (including phenoxy) is 1. The van der Waals surface area contributed by atoms with E-state index in [4.69, 9.17) is 4.74 Å². The van der Waals surface area contributed by atoms with Crippen molar-refractivity contribution in [1.82, 2.24) is 4.90 Å². The average Bonchev–Trinajstić information content (AvgIpc) is 3.16. The highest BCUT2D eigenvalue weighted by atomic mass is 16.5. The summed E-state index contributed by atoms with van der Waals surface area (Å²) in [6.45, 7) is 1.59. The predicted molar refractivity (Wildman–Crippen MR) is 101 cm³/mol. The van der Waals surface area contributed by atoms with Gasteiger partial charge in [-0.05, 0) is 37.1 Å². The van der Waals surface area contributed by atoms with Gasteiger partial charge in [0.15, 0.2) is 5.75 Å². The number of amides is 2. The maximum absolute atomic E-state index is 12.5. The van der Waals surface area contributed by atoms with Crippen molar-refractivity contribution in [3.63, 3.8) is 0 Å². The molecule has 5 heteroatoms. The number of para-hydroxylation sites is 3. The van der Waals surface area contributed by atoms with E-state index in [9.17, 15) is 9.59 Å². The largest absolute Gasteiger partial charge is 0.455 e. The van der Waals surface area contributed by atoms with Crippen LogP contribution in [-0.2, 0) is 9.59 Å². The van der Waals surface area contributed by atoms with Gasteiger partial charge in [-0.3, -0.25) is 9.59 Å². The molecule has 2 aromatic rings. The number of rotatable bonds is 6. The molecule has 0 aromatic heterocycles. The molecule has 26 heavy (non-hydrogen) atoms. The molecule has 0 unspecified atom stereocenters. The Morgan fingerprint density at radius 1 is 1.04 bits per heavy atom. The zero-order valence-corrected chi connectivity index (χ0v) is 15.0. The van der Waals surface area contributed by atoms with Crippen LogP contribution in [0.1, 0.15) is 32.6 Å². The summed E-state index contributed by atoms with van der Waals surface area (Å²) in [6.07, 6.45) is 4.18. The summed E-state index contributed by atoms with van der Waals surface area (Å²) in [5.41, 5.74) is 0.594. The van der Waals surface area contributed by atoms with Gasteiger partial charge in [0, 0.05) is 13.0 Å². The van der Waals surface area contributed by atoms with Crippen molar-refractivity contribution < 1.29 is 14.3 Å². The van der Waals surface area contributed by atoms with Gasteiger partial charge in [0.1, 0.15) is 12.3 Å². The second-order valence-electron chi connectivity index (χ2n) is 6.54. The third-order valence-corrected chi connectivity index (χ3v) is 4.62. The topological polar surface area (TPSA) is 58.6 Å². The number of hydrogen-bond acceptors (Lipinski definition) is 3. The summed E-state index contributed by atoms with van der Waals surface area (Å²) in [4.78, 5) is 26.2. The van der Waals surface area contributed by atoms with Crippen molar-refractivity contribution in [3.05, 3.63) is 54.6 Å². The van der Waals surface area contributed by atoms with Crippen LogP contribution in [0.5, 0.6) is 11.5 Å². The van der Waals surface area contributed by atoms with Gasteiger partial charge >= 0.3 is 0 Å². The van der Waals surface area contributed by atoms with Crippen LogP contribution >= 0.6 is 0 Å². The number of carbonyl (C=O) groups excluding carboxylic acids is 2. The Kier molecular flexibility index (Phi) is 5.89. The molecule has 1 aliphatic rings. The average molecular weight is 352 g/mol. The minimum atomic E-state index is -0.212. The lowest BCUT2D eigenvalue weighted by atomic mass is 10.2. The Hall–Kier alpha value is -2.82. The van der Waals surface area contributed by atoms with Crippen LogP contribution in [-0.4, -0.2) is 29.3 Å². The van der Waals surface area contributed by atoms with E-state index in [1.807, 2.05) is 48.5 Å². The molecule has 1 N–H and O–H groups in total. The summed E-state index contributed by atoms with van der Waals surface area (Å²) in [7, 11) is 0. The summed E-state index contributed by atoms with van der Waals surface area (Å²) in [6, 6.07) is 16.9. The molecular weight excluding hydrogens is 328 g/mol. The maximum Gasteiger partial charge on any atom is 0.244 e. The number of benzene rings is 2. The lowest BCUT2D eigenvalue weighted by Gasteiger charge is -2.27. The lowest BCUT2D eigenvalue weighted by Crippen LogP contribution is -2.42. The van der Waals surface area contributed by atoms with Crippen LogP contribution in [0.4, 0.5) is 5.69 Å². The molecule has 0 spiro atoms. The highest BCUT2D eigenvalue weighted by molar-refractivity contribution is 5.95. The van der Waals surface area contributed by atoms with Gasteiger partial charge in [0.2, 0.25) is 11.8 Å². The molecule has 2 aromatic carbocycles. The van der Waals surface area contributed by atoms with Crippen molar-refractivity contribution >= 4 is 17.5 Å². The Labute approximate surface area is 154 Å². The van der Waals surface area contributed by atoms with E-state index in [2.05, 4.69) is 5.32 Å². The first-order chi connectivity index (χ1) is 12.6. The number of anilines is 1. The summed E-state index contributed by atoms with van der Waals surface area (Å²) >= 11 is 0. The molecule has 136 valence electrons. The first-order valence-electron chi connectivity index (χ1n) is 9.02. The molecule has 1 aliphatic carbocycles. The second kappa shape index (κ2) is 8.52. The maximum atomic E-state index is 12.5. The van der Waals surface area contributed by atoms with E-state index in [0.717, 1.165) is 25.7 Å². The van der Waals surface area contributed by atoms with Gasteiger partial charge in [-0.2, -0.15) is 0 Å². The molecular formula is C21H24N2O3. The number of carbonyl (C=O) groups is 2. The minimum absolute atomic E-state index is 0.0547. The number of nitrogens with one attached hydrogen (secondary N) is 1. The highest BCUT2D eigenvalue weighted by Crippen LogP contribution is 2.29. The molecule has 5 nitrogen and oxygen atoms in total. The molecule has 3 rings (SSSR count). The van der Waals surface area contributed by atoms with Gasteiger partial charge in [-0.25, -0.2) is 0 Å². The normalized spacial score (nSPS) is 14.0. The van der Waals surface area contributed by atoms with Crippen LogP contribution in [0.3, 0.4) is 0 Å². The Bertz CT molecular complexity index is 755.